The van der Waals surface area contributed by atoms with Crippen LogP contribution in [0.1, 0.15) is 77.1 Å². The highest BCUT2D eigenvalue weighted by Gasteiger charge is 2.20. The SMILES string of the molecule is CC(Cc1ccc(CNCC(=O)c2ccc(C3SCCCS3)cc2)cc1)C1CCCCC1. The monoisotopic (exact) mass is 467 g/mol. The van der Waals surface area contributed by atoms with Crippen molar-refractivity contribution in [2.75, 3.05) is 18.1 Å². The Kier molecular flexibility index (Phi) is 9.19. The van der Waals surface area contributed by atoms with Crippen LogP contribution >= 0.6 is 23.5 Å². The Morgan fingerprint density at radius 1 is 0.906 bits per heavy atom. The number of thioether (sulfide) groups is 2. The average molecular weight is 468 g/mol. The summed E-state index contributed by atoms with van der Waals surface area (Å²) >= 11 is 4.04. The Balaban J connectivity index is 1.20. The third kappa shape index (κ3) is 6.88. The van der Waals surface area contributed by atoms with E-state index in [-0.39, 0.29) is 5.78 Å². The minimum atomic E-state index is 0.165. The number of carbonyl (C=O) groups is 1. The topological polar surface area (TPSA) is 29.1 Å². The molecule has 1 aliphatic heterocycles. The van der Waals surface area contributed by atoms with E-state index in [1.54, 1.807) is 0 Å². The minimum Gasteiger partial charge on any atom is -0.306 e. The maximum atomic E-state index is 12.6. The Morgan fingerprint density at radius 3 is 2.25 bits per heavy atom. The van der Waals surface area contributed by atoms with Crippen molar-refractivity contribution < 1.29 is 4.79 Å². The predicted octanol–water partition coefficient (Wildman–Crippen LogP) is 7.29. The van der Waals surface area contributed by atoms with E-state index in [1.807, 2.05) is 35.7 Å². The molecule has 0 spiro atoms. The summed E-state index contributed by atoms with van der Waals surface area (Å²) in [7, 11) is 0. The van der Waals surface area contributed by atoms with Crippen molar-refractivity contribution in [2.24, 2.45) is 11.8 Å². The molecule has 2 fully saturated rings. The fourth-order valence-electron chi connectivity index (χ4n) is 4.96. The smallest absolute Gasteiger partial charge is 0.176 e. The highest BCUT2D eigenvalue weighted by Crippen LogP contribution is 2.43. The van der Waals surface area contributed by atoms with E-state index in [9.17, 15) is 4.79 Å². The first kappa shape index (κ1) is 23.9. The van der Waals surface area contributed by atoms with Crippen LogP contribution in [0, 0.1) is 11.8 Å². The number of hydrogen-bond acceptors (Lipinski definition) is 4. The summed E-state index contributed by atoms with van der Waals surface area (Å²) in [5, 5.41) is 3.33. The molecule has 1 heterocycles. The molecule has 1 saturated heterocycles. The molecule has 32 heavy (non-hydrogen) atoms. The van der Waals surface area contributed by atoms with Crippen LogP contribution in [0.15, 0.2) is 48.5 Å². The highest BCUT2D eigenvalue weighted by atomic mass is 32.2. The molecule has 1 unspecified atom stereocenters. The van der Waals surface area contributed by atoms with Gasteiger partial charge in [-0.1, -0.05) is 87.6 Å². The van der Waals surface area contributed by atoms with Gasteiger partial charge in [-0.05, 0) is 52.9 Å². The number of nitrogens with one attached hydrogen (secondary N) is 1. The van der Waals surface area contributed by atoms with E-state index in [4.69, 9.17) is 0 Å². The molecule has 0 aromatic heterocycles. The lowest BCUT2D eigenvalue weighted by atomic mass is 9.78. The number of Topliss-reactive ketones (excluding diaryl/α,β-unsaturated/α-hetero) is 1. The second-order valence-corrected chi connectivity index (χ2v) is 12.2. The predicted molar refractivity (Wildman–Crippen MR) is 141 cm³/mol. The van der Waals surface area contributed by atoms with Gasteiger partial charge < -0.3 is 5.32 Å². The van der Waals surface area contributed by atoms with Crippen LogP contribution in [0.4, 0.5) is 0 Å². The van der Waals surface area contributed by atoms with E-state index in [2.05, 4.69) is 48.6 Å². The van der Waals surface area contributed by atoms with Crippen molar-refractivity contribution in [1.82, 2.24) is 5.32 Å². The summed E-state index contributed by atoms with van der Waals surface area (Å²) < 4.78 is 0.527. The van der Waals surface area contributed by atoms with Gasteiger partial charge in [-0.2, -0.15) is 0 Å². The number of rotatable bonds is 9. The molecular formula is C28H37NOS2. The number of benzene rings is 2. The fourth-order valence-corrected chi connectivity index (χ4v) is 7.86. The quantitative estimate of drug-likeness (QED) is 0.392. The molecule has 1 atom stereocenters. The van der Waals surface area contributed by atoms with Crippen LogP contribution in [0.3, 0.4) is 0 Å². The molecule has 172 valence electrons. The number of hydrogen-bond donors (Lipinski definition) is 1. The van der Waals surface area contributed by atoms with E-state index in [1.165, 1.54) is 73.1 Å². The first-order chi connectivity index (χ1) is 15.7. The maximum absolute atomic E-state index is 12.6. The van der Waals surface area contributed by atoms with Crippen molar-refractivity contribution in [3.63, 3.8) is 0 Å². The molecule has 1 N–H and O–H groups in total. The summed E-state index contributed by atoms with van der Waals surface area (Å²) in [6, 6.07) is 17.3. The second-order valence-electron chi connectivity index (χ2n) is 9.47. The standard InChI is InChI=1S/C28H37NOS2/c1-21(24-6-3-2-4-7-24)18-22-8-10-23(11-9-22)19-29-20-27(30)25-12-14-26(15-13-25)28-31-16-5-17-32-28/h8-15,21,24,28-29H,2-7,16-20H2,1H3. The van der Waals surface area contributed by atoms with Gasteiger partial charge in [0, 0.05) is 12.1 Å². The number of carbonyl (C=O) groups excluding carboxylic acids is 1. The molecule has 2 aliphatic rings. The first-order valence-electron chi connectivity index (χ1n) is 12.3. The lowest BCUT2D eigenvalue weighted by molar-refractivity contribution is 0.0991. The zero-order valence-electron chi connectivity index (χ0n) is 19.4. The highest BCUT2D eigenvalue weighted by molar-refractivity contribution is 8.16. The van der Waals surface area contributed by atoms with Gasteiger partial charge in [-0.15, -0.1) is 23.5 Å². The van der Waals surface area contributed by atoms with Gasteiger partial charge in [-0.3, -0.25) is 4.79 Å². The third-order valence-corrected chi connectivity index (χ3v) is 10.00. The lowest BCUT2D eigenvalue weighted by Gasteiger charge is -2.27. The zero-order valence-corrected chi connectivity index (χ0v) is 21.0. The fraction of sp³-hybridized carbons (Fsp3) is 0.536. The summed E-state index contributed by atoms with van der Waals surface area (Å²) in [5.41, 5.74) is 4.83. The molecule has 0 radical (unpaired) electrons. The van der Waals surface area contributed by atoms with E-state index in [0.29, 0.717) is 11.1 Å². The lowest BCUT2D eigenvalue weighted by Crippen LogP contribution is -2.22. The summed E-state index contributed by atoms with van der Waals surface area (Å²) in [6.07, 6.45) is 9.58. The van der Waals surface area contributed by atoms with Gasteiger partial charge in [0.1, 0.15) is 0 Å². The van der Waals surface area contributed by atoms with Crippen LogP contribution in [0.5, 0.6) is 0 Å². The van der Waals surface area contributed by atoms with Crippen LogP contribution in [0.2, 0.25) is 0 Å². The zero-order chi connectivity index (χ0) is 22.2. The van der Waals surface area contributed by atoms with Gasteiger partial charge in [0.25, 0.3) is 0 Å². The van der Waals surface area contributed by atoms with Crippen molar-refractivity contribution >= 4 is 29.3 Å². The molecule has 2 aromatic rings. The maximum Gasteiger partial charge on any atom is 0.176 e. The molecule has 1 aliphatic carbocycles. The average Bonchev–Trinajstić information content (AvgIpc) is 2.86. The minimum absolute atomic E-state index is 0.165. The molecule has 4 rings (SSSR count). The van der Waals surface area contributed by atoms with Crippen molar-refractivity contribution in [2.45, 2.75) is 63.0 Å². The molecule has 2 nitrogen and oxygen atoms in total. The van der Waals surface area contributed by atoms with E-state index < -0.39 is 0 Å². The van der Waals surface area contributed by atoms with E-state index >= 15 is 0 Å². The molecule has 2 aromatic carbocycles. The Hall–Kier alpha value is -1.23. The second kappa shape index (κ2) is 12.3. The molecule has 1 saturated carbocycles. The van der Waals surface area contributed by atoms with Crippen LogP contribution in [0.25, 0.3) is 0 Å². The van der Waals surface area contributed by atoms with Crippen molar-refractivity contribution in [3.8, 4) is 0 Å². The van der Waals surface area contributed by atoms with Gasteiger partial charge in [0.05, 0.1) is 11.1 Å². The van der Waals surface area contributed by atoms with Gasteiger partial charge in [0.2, 0.25) is 0 Å². The van der Waals surface area contributed by atoms with E-state index in [0.717, 1.165) is 23.9 Å². The van der Waals surface area contributed by atoms with Crippen LogP contribution in [-0.2, 0) is 13.0 Å². The van der Waals surface area contributed by atoms with Crippen molar-refractivity contribution in [3.05, 3.63) is 70.8 Å². The van der Waals surface area contributed by atoms with Crippen LogP contribution < -0.4 is 5.32 Å². The van der Waals surface area contributed by atoms with Crippen molar-refractivity contribution in [1.29, 1.82) is 0 Å². The Bertz CT molecular complexity index is 837. The summed E-state index contributed by atoms with van der Waals surface area (Å²) in [5.74, 6) is 4.33. The Labute approximate surface area is 202 Å². The molecular weight excluding hydrogens is 430 g/mol. The van der Waals surface area contributed by atoms with Crippen LogP contribution in [-0.4, -0.2) is 23.8 Å². The molecule has 0 amide bonds. The first-order valence-corrected chi connectivity index (χ1v) is 14.4. The third-order valence-electron chi connectivity index (χ3n) is 6.98. The molecule has 0 bridgehead atoms. The molecule has 4 heteroatoms. The van der Waals surface area contributed by atoms with Gasteiger partial charge in [0.15, 0.2) is 5.78 Å². The van der Waals surface area contributed by atoms with Gasteiger partial charge in [-0.25, -0.2) is 0 Å². The van der Waals surface area contributed by atoms with Gasteiger partial charge >= 0.3 is 0 Å². The number of ketones is 1. The largest absolute Gasteiger partial charge is 0.306 e. The Morgan fingerprint density at radius 2 is 1.56 bits per heavy atom. The normalized spacial score (nSPS) is 19.0. The summed E-state index contributed by atoms with van der Waals surface area (Å²) in [6.45, 7) is 3.54. The summed E-state index contributed by atoms with van der Waals surface area (Å²) in [4.78, 5) is 12.6.